The highest BCUT2D eigenvalue weighted by Gasteiger charge is 2.68. The van der Waals surface area contributed by atoms with Crippen molar-refractivity contribution in [3.8, 4) is 0 Å². The Bertz CT molecular complexity index is 624. The standard InChI is InChI=1S/C12H30O10Si6/c1-9-11-27(14)19-25(7,15-3)21-28(12-10-2)18-24(6,13)16-23(4,5)17-26(8,20-27)22-28/h9-10,13-14H,1-2,11-12H2,3-8H3. The van der Waals surface area contributed by atoms with E-state index in [-0.39, 0.29) is 12.1 Å². The summed E-state index contributed by atoms with van der Waals surface area (Å²) < 4.78 is 48.2. The van der Waals surface area contributed by atoms with E-state index in [0.29, 0.717) is 0 Å². The Morgan fingerprint density at radius 1 is 0.786 bits per heavy atom. The minimum atomic E-state index is -3.86. The SMILES string of the molecule is C=CC[Si]1(O)O[Si](C)(OC)O[Si]2(CC=C)O[Si](C)(O)O[Si](C)(C)O[Si](C)(O1)O2. The zero-order valence-corrected chi connectivity index (χ0v) is 23.1. The molecule has 28 heavy (non-hydrogen) atoms. The summed E-state index contributed by atoms with van der Waals surface area (Å²) in [5.74, 6) is 0. The molecule has 2 bridgehead atoms. The fourth-order valence-electron chi connectivity index (χ4n) is 3.19. The predicted molar refractivity (Wildman–Crippen MR) is 113 cm³/mol. The Morgan fingerprint density at radius 3 is 1.93 bits per heavy atom. The second kappa shape index (κ2) is 8.14. The summed E-state index contributed by atoms with van der Waals surface area (Å²) in [6, 6.07) is 0.206. The number of allylic oxidation sites excluding steroid dienone is 2. The molecule has 5 atom stereocenters. The highest BCUT2D eigenvalue weighted by molar-refractivity contribution is 6.94. The monoisotopic (exact) mass is 502 g/mol. The molecule has 0 aromatic carbocycles. The van der Waals surface area contributed by atoms with Crippen LogP contribution in [0.25, 0.3) is 0 Å². The quantitative estimate of drug-likeness (QED) is 0.422. The van der Waals surface area contributed by atoms with Gasteiger partial charge in [0.05, 0.1) is 0 Å². The average molecular weight is 503 g/mol. The van der Waals surface area contributed by atoms with Gasteiger partial charge in [-0.1, -0.05) is 12.2 Å². The van der Waals surface area contributed by atoms with Crippen LogP contribution < -0.4 is 0 Å². The molecule has 0 radical (unpaired) electrons. The largest absolute Gasteiger partial charge is 0.487 e. The van der Waals surface area contributed by atoms with E-state index in [9.17, 15) is 9.59 Å². The van der Waals surface area contributed by atoms with Crippen molar-refractivity contribution in [2.24, 2.45) is 0 Å². The van der Waals surface area contributed by atoms with E-state index in [0.717, 1.165) is 0 Å². The lowest BCUT2D eigenvalue weighted by Gasteiger charge is -2.51. The molecule has 16 heteroatoms. The minimum Gasteiger partial charge on any atom is -0.395 e. The van der Waals surface area contributed by atoms with Gasteiger partial charge in [-0.25, -0.2) is 0 Å². The summed E-state index contributed by atoms with van der Waals surface area (Å²) in [4.78, 5) is 22.0. The fourth-order valence-corrected chi connectivity index (χ4v) is 30.3. The van der Waals surface area contributed by atoms with Crippen molar-refractivity contribution < 1.29 is 42.8 Å². The molecule has 162 valence electrons. The third-order valence-electron chi connectivity index (χ3n) is 3.75. The number of rotatable bonds is 5. The maximum Gasteiger partial charge on any atom is 0.487 e. The maximum absolute atomic E-state index is 11.1. The summed E-state index contributed by atoms with van der Waals surface area (Å²) in [7, 11) is -19.9. The summed E-state index contributed by atoms with van der Waals surface area (Å²) in [6.07, 6.45) is 3.07. The van der Waals surface area contributed by atoms with Crippen molar-refractivity contribution in [1.29, 1.82) is 0 Å². The maximum atomic E-state index is 11.1. The predicted octanol–water partition coefficient (Wildman–Crippen LogP) is 1.42. The third-order valence-corrected chi connectivity index (χ3v) is 26.7. The second-order valence-electron chi connectivity index (χ2n) is 7.32. The van der Waals surface area contributed by atoms with Gasteiger partial charge in [-0.05, 0) is 13.1 Å². The van der Waals surface area contributed by atoms with Crippen LogP contribution in [0.4, 0.5) is 0 Å². The normalized spacial score (nSPS) is 46.6. The van der Waals surface area contributed by atoms with Crippen LogP contribution in [0.2, 0.25) is 44.8 Å². The van der Waals surface area contributed by atoms with Gasteiger partial charge in [0, 0.05) is 38.8 Å². The Balaban J connectivity index is 2.62. The number of fused-ring (bicyclic) bond motifs is 2. The summed E-state index contributed by atoms with van der Waals surface area (Å²) in [5.41, 5.74) is 0. The van der Waals surface area contributed by atoms with E-state index < -0.39 is 52.6 Å². The van der Waals surface area contributed by atoms with Crippen LogP contribution in [0.3, 0.4) is 0 Å². The van der Waals surface area contributed by atoms with Gasteiger partial charge >= 0.3 is 52.6 Å². The minimum absolute atomic E-state index is 0.0593. The lowest BCUT2D eigenvalue weighted by molar-refractivity contribution is 0.0480. The number of hydrogen-bond donors (Lipinski definition) is 2. The van der Waals surface area contributed by atoms with E-state index in [1.165, 1.54) is 19.7 Å². The molecule has 2 aliphatic heterocycles. The van der Waals surface area contributed by atoms with Crippen molar-refractivity contribution in [3.05, 3.63) is 25.3 Å². The topological polar surface area (TPSA) is 114 Å². The third kappa shape index (κ3) is 5.96. The first-order valence-electron chi connectivity index (χ1n) is 8.76. The lowest BCUT2D eigenvalue weighted by Crippen LogP contribution is -2.76. The van der Waals surface area contributed by atoms with Crippen LogP contribution in [0.1, 0.15) is 0 Å². The Kier molecular flexibility index (Phi) is 7.17. The molecule has 2 heterocycles. The van der Waals surface area contributed by atoms with E-state index >= 15 is 0 Å². The van der Waals surface area contributed by atoms with Crippen LogP contribution >= 0.6 is 0 Å². The highest BCUT2D eigenvalue weighted by Crippen LogP contribution is 2.39. The van der Waals surface area contributed by atoms with E-state index in [4.69, 9.17) is 33.2 Å². The van der Waals surface area contributed by atoms with Gasteiger partial charge in [-0.2, -0.15) is 0 Å². The zero-order valence-electron chi connectivity index (χ0n) is 17.1. The van der Waals surface area contributed by atoms with E-state index in [1.807, 2.05) is 0 Å². The lowest BCUT2D eigenvalue weighted by atomic mass is 10.8. The molecular weight excluding hydrogens is 473 g/mol. The molecule has 0 saturated carbocycles. The van der Waals surface area contributed by atoms with Crippen molar-refractivity contribution in [2.75, 3.05) is 7.11 Å². The molecule has 0 amide bonds. The first kappa shape index (κ1) is 24.6. The van der Waals surface area contributed by atoms with Crippen LogP contribution in [-0.4, -0.2) is 69.3 Å². The Labute approximate surface area is 172 Å². The van der Waals surface area contributed by atoms with Gasteiger partial charge in [-0.3, -0.25) is 0 Å². The fraction of sp³-hybridized carbons (Fsp3) is 0.667. The smallest absolute Gasteiger partial charge is 0.395 e. The molecule has 2 N–H and O–H groups in total. The van der Waals surface area contributed by atoms with Crippen LogP contribution in [0.5, 0.6) is 0 Å². The van der Waals surface area contributed by atoms with Crippen molar-refractivity contribution in [2.45, 2.75) is 44.8 Å². The van der Waals surface area contributed by atoms with Gasteiger partial charge in [0.1, 0.15) is 0 Å². The average Bonchev–Trinajstić information content (AvgIpc) is 2.40. The Hall–Kier alpha value is 0.381. The molecule has 0 aromatic rings. The second-order valence-corrected chi connectivity index (χ2v) is 25.1. The van der Waals surface area contributed by atoms with E-state index in [2.05, 4.69) is 13.2 Å². The summed E-state index contributed by atoms with van der Waals surface area (Å²) in [6.45, 7) is 15.6. The molecule has 10 nitrogen and oxygen atoms in total. The summed E-state index contributed by atoms with van der Waals surface area (Å²) >= 11 is 0. The molecule has 5 unspecified atom stereocenters. The van der Waals surface area contributed by atoms with Crippen molar-refractivity contribution in [3.63, 3.8) is 0 Å². The van der Waals surface area contributed by atoms with Crippen molar-refractivity contribution >= 4 is 52.6 Å². The molecule has 2 fully saturated rings. The molecule has 0 aliphatic carbocycles. The van der Waals surface area contributed by atoms with Crippen LogP contribution in [-0.2, 0) is 33.2 Å². The molecule has 2 aliphatic rings. The van der Waals surface area contributed by atoms with Crippen LogP contribution in [0, 0.1) is 0 Å². The molecule has 2 rings (SSSR count). The van der Waals surface area contributed by atoms with E-state index in [1.54, 1.807) is 32.3 Å². The molecule has 0 aromatic heterocycles. The Morgan fingerprint density at radius 2 is 1.39 bits per heavy atom. The molecule has 2 saturated heterocycles. The van der Waals surface area contributed by atoms with Gasteiger partial charge in [0.2, 0.25) is 0 Å². The highest BCUT2D eigenvalue weighted by atomic mass is 28.6. The van der Waals surface area contributed by atoms with Crippen molar-refractivity contribution in [1.82, 2.24) is 0 Å². The van der Waals surface area contributed by atoms with Gasteiger partial charge < -0.3 is 42.8 Å². The first-order valence-corrected chi connectivity index (χ1v) is 22.2. The number of hydrogen-bond acceptors (Lipinski definition) is 10. The summed E-state index contributed by atoms with van der Waals surface area (Å²) in [5, 5.41) is 0. The first-order chi connectivity index (χ1) is 12.6. The molecular formula is C12H30O10Si6. The zero-order chi connectivity index (χ0) is 21.5. The van der Waals surface area contributed by atoms with Gasteiger partial charge in [0.15, 0.2) is 0 Å². The van der Waals surface area contributed by atoms with Gasteiger partial charge in [0.25, 0.3) is 0 Å². The molecule has 0 spiro atoms. The van der Waals surface area contributed by atoms with Gasteiger partial charge in [-0.15, -0.1) is 13.2 Å². The van der Waals surface area contributed by atoms with Crippen LogP contribution in [0.15, 0.2) is 25.3 Å².